The van der Waals surface area contributed by atoms with E-state index in [9.17, 15) is 13.2 Å². The van der Waals surface area contributed by atoms with Crippen molar-refractivity contribution in [2.24, 2.45) is 5.84 Å². The first kappa shape index (κ1) is 11.4. The topological polar surface area (TPSA) is 38.0 Å². The molecule has 14 heavy (non-hydrogen) atoms. The summed E-state index contributed by atoms with van der Waals surface area (Å²) in [7, 11) is 0. The molecule has 0 fully saturated rings. The lowest BCUT2D eigenvalue weighted by Crippen LogP contribution is -2.15. The highest BCUT2D eigenvalue weighted by atomic mass is 35.5. The maximum atomic E-state index is 12.4. The van der Waals surface area contributed by atoms with E-state index in [1.807, 2.05) is 5.43 Å². The zero-order valence-corrected chi connectivity index (χ0v) is 8.13. The molecular formula is C7H5Cl2F3N2. The van der Waals surface area contributed by atoms with E-state index in [2.05, 4.69) is 0 Å². The van der Waals surface area contributed by atoms with Crippen LogP contribution in [0.25, 0.3) is 0 Å². The zero-order valence-electron chi connectivity index (χ0n) is 6.62. The third-order valence-corrected chi connectivity index (χ3v) is 2.02. The van der Waals surface area contributed by atoms with Gasteiger partial charge in [0.15, 0.2) is 0 Å². The van der Waals surface area contributed by atoms with Gasteiger partial charge in [0.05, 0.1) is 16.3 Å². The van der Waals surface area contributed by atoms with Crippen molar-refractivity contribution in [2.75, 3.05) is 5.43 Å². The van der Waals surface area contributed by atoms with Gasteiger partial charge >= 0.3 is 6.18 Å². The quantitative estimate of drug-likeness (QED) is 0.588. The molecule has 78 valence electrons. The van der Waals surface area contributed by atoms with Crippen LogP contribution in [0.15, 0.2) is 12.1 Å². The van der Waals surface area contributed by atoms with Crippen molar-refractivity contribution in [1.29, 1.82) is 0 Å². The molecule has 0 unspecified atom stereocenters. The molecule has 0 radical (unpaired) electrons. The number of rotatable bonds is 1. The van der Waals surface area contributed by atoms with E-state index in [0.29, 0.717) is 0 Å². The van der Waals surface area contributed by atoms with Gasteiger partial charge in [0, 0.05) is 5.02 Å². The first-order chi connectivity index (χ1) is 6.36. The van der Waals surface area contributed by atoms with E-state index in [1.165, 1.54) is 6.07 Å². The predicted molar refractivity (Wildman–Crippen MR) is 49.3 cm³/mol. The molecule has 1 aromatic carbocycles. The fraction of sp³-hybridized carbons (Fsp3) is 0.143. The van der Waals surface area contributed by atoms with Gasteiger partial charge < -0.3 is 5.43 Å². The van der Waals surface area contributed by atoms with Gasteiger partial charge in [-0.2, -0.15) is 13.2 Å². The summed E-state index contributed by atoms with van der Waals surface area (Å²) in [6.45, 7) is 0. The first-order valence-corrected chi connectivity index (χ1v) is 4.14. The fourth-order valence-corrected chi connectivity index (χ4v) is 1.49. The van der Waals surface area contributed by atoms with E-state index >= 15 is 0 Å². The summed E-state index contributed by atoms with van der Waals surface area (Å²) >= 11 is 10.9. The van der Waals surface area contributed by atoms with Gasteiger partial charge in [-0.15, -0.1) is 0 Å². The van der Waals surface area contributed by atoms with Crippen molar-refractivity contribution in [3.63, 3.8) is 0 Å². The Bertz CT molecular complexity index is 352. The van der Waals surface area contributed by atoms with Gasteiger partial charge in [0.25, 0.3) is 0 Å². The number of halogens is 5. The maximum Gasteiger partial charge on any atom is 0.418 e. The molecular weight excluding hydrogens is 240 g/mol. The number of nitrogen functional groups attached to an aromatic ring is 1. The van der Waals surface area contributed by atoms with Gasteiger partial charge in [-0.1, -0.05) is 23.2 Å². The average Bonchev–Trinajstić information content (AvgIpc) is 2.01. The lowest BCUT2D eigenvalue weighted by Gasteiger charge is -2.13. The van der Waals surface area contributed by atoms with E-state index in [0.717, 1.165) is 6.07 Å². The van der Waals surface area contributed by atoms with Gasteiger partial charge in [0.2, 0.25) is 0 Å². The molecule has 1 rings (SSSR count). The molecule has 0 aliphatic rings. The second-order valence-electron chi connectivity index (χ2n) is 2.45. The molecule has 0 aliphatic carbocycles. The SMILES string of the molecule is NNc1c(Cl)cc(Cl)cc1C(F)(F)F. The van der Waals surface area contributed by atoms with Crippen molar-refractivity contribution in [1.82, 2.24) is 0 Å². The van der Waals surface area contributed by atoms with E-state index in [-0.39, 0.29) is 15.7 Å². The van der Waals surface area contributed by atoms with Crippen LogP contribution in [0.4, 0.5) is 18.9 Å². The number of alkyl halides is 3. The van der Waals surface area contributed by atoms with Crippen LogP contribution in [0.3, 0.4) is 0 Å². The average molecular weight is 245 g/mol. The molecule has 3 N–H and O–H groups in total. The Labute approximate surface area is 87.8 Å². The van der Waals surface area contributed by atoms with E-state index in [1.54, 1.807) is 0 Å². The number of hydrogen-bond donors (Lipinski definition) is 2. The summed E-state index contributed by atoms with van der Waals surface area (Å²) < 4.78 is 37.1. The number of nitrogens with one attached hydrogen (secondary N) is 1. The van der Waals surface area contributed by atoms with Crippen LogP contribution in [0, 0.1) is 0 Å². The molecule has 0 aliphatic heterocycles. The van der Waals surface area contributed by atoms with Crippen LogP contribution >= 0.6 is 23.2 Å². The summed E-state index contributed by atoms with van der Waals surface area (Å²) in [5.41, 5.74) is 0.513. The van der Waals surface area contributed by atoms with Crippen LogP contribution in [0.1, 0.15) is 5.56 Å². The van der Waals surface area contributed by atoms with Crippen LogP contribution in [0.2, 0.25) is 10.0 Å². The molecule has 2 nitrogen and oxygen atoms in total. The van der Waals surface area contributed by atoms with E-state index in [4.69, 9.17) is 29.0 Å². The molecule has 0 bridgehead atoms. The maximum absolute atomic E-state index is 12.4. The van der Waals surface area contributed by atoms with Crippen LogP contribution in [0.5, 0.6) is 0 Å². The molecule has 0 atom stereocenters. The number of hydrazine groups is 1. The number of hydrogen-bond acceptors (Lipinski definition) is 2. The normalized spacial score (nSPS) is 11.6. The number of nitrogens with two attached hydrogens (primary N) is 1. The highest BCUT2D eigenvalue weighted by Crippen LogP contribution is 2.39. The largest absolute Gasteiger partial charge is 0.418 e. The Morgan fingerprint density at radius 1 is 1.21 bits per heavy atom. The zero-order chi connectivity index (χ0) is 10.9. The molecule has 0 heterocycles. The Balaban J connectivity index is 3.40. The Kier molecular flexibility index (Phi) is 3.14. The van der Waals surface area contributed by atoms with Gasteiger partial charge in [-0.3, -0.25) is 5.84 Å². The van der Waals surface area contributed by atoms with Crippen LogP contribution < -0.4 is 11.3 Å². The summed E-state index contributed by atoms with van der Waals surface area (Å²) in [6.07, 6.45) is -4.55. The summed E-state index contributed by atoms with van der Waals surface area (Å²) in [6, 6.07) is 1.93. The molecule has 0 aromatic heterocycles. The van der Waals surface area contributed by atoms with E-state index < -0.39 is 11.7 Å². The Hall–Kier alpha value is -0.650. The standard InChI is InChI=1S/C7H5Cl2F3N2/c8-3-1-4(7(10,11)12)6(14-13)5(9)2-3/h1-2,14H,13H2. The van der Waals surface area contributed by atoms with Crippen molar-refractivity contribution in [3.8, 4) is 0 Å². The summed E-state index contributed by atoms with van der Waals surface area (Å²) in [4.78, 5) is 0. The minimum absolute atomic E-state index is 0.0960. The minimum atomic E-state index is -4.55. The van der Waals surface area contributed by atoms with Crippen LogP contribution in [-0.4, -0.2) is 0 Å². The molecule has 0 saturated carbocycles. The second-order valence-corrected chi connectivity index (χ2v) is 3.30. The lowest BCUT2D eigenvalue weighted by atomic mass is 10.2. The van der Waals surface area contributed by atoms with Gasteiger partial charge in [-0.25, -0.2) is 0 Å². The third kappa shape index (κ3) is 2.23. The highest BCUT2D eigenvalue weighted by Gasteiger charge is 2.34. The van der Waals surface area contributed by atoms with Crippen molar-refractivity contribution >= 4 is 28.9 Å². The molecule has 0 saturated heterocycles. The van der Waals surface area contributed by atoms with Crippen molar-refractivity contribution < 1.29 is 13.2 Å². The monoisotopic (exact) mass is 244 g/mol. The smallest absolute Gasteiger partial charge is 0.322 e. The molecule has 1 aromatic rings. The van der Waals surface area contributed by atoms with Crippen molar-refractivity contribution in [2.45, 2.75) is 6.18 Å². The third-order valence-electron chi connectivity index (χ3n) is 1.50. The summed E-state index contributed by atoms with van der Waals surface area (Å²) in [5, 5.41) is -0.270. The van der Waals surface area contributed by atoms with Crippen molar-refractivity contribution in [3.05, 3.63) is 27.7 Å². The second kappa shape index (κ2) is 3.84. The number of anilines is 1. The van der Waals surface area contributed by atoms with Gasteiger partial charge in [0.1, 0.15) is 0 Å². The lowest BCUT2D eigenvalue weighted by molar-refractivity contribution is -0.136. The number of benzene rings is 1. The van der Waals surface area contributed by atoms with Gasteiger partial charge in [-0.05, 0) is 12.1 Å². The van der Waals surface area contributed by atoms with Crippen LogP contribution in [-0.2, 0) is 6.18 Å². The summed E-state index contributed by atoms with van der Waals surface area (Å²) in [5.74, 6) is 4.92. The Morgan fingerprint density at radius 3 is 2.21 bits per heavy atom. The predicted octanol–water partition coefficient (Wildman–Crippen LogP) is 3.30. The minimum Gasteiger partial charge on any atom is -0.322 e. The molecule has 0 spiro atoms. The molecule has 7 heteroatoms. The Morgan fingerprint density at radius 2 is 1.79 bits per heavy atom. The fourth-order valence-electron chi connectivity index (χ4n) is 0.944. The first-order valence-electron chi connectivity index (χ1n) is 3.39. The molecule has 0 amide bonds. The highest BCUT2D eigenvalue weighted by molar-refractivity contribution is 6.36.